The molecule has 0 spiro atoms. The molecule has 1 aromatic rings. The smallest absolute Gasteiger partial charge is 0.268 e. The summed E-state index contributed by atoms with van der Waals surface area (Å²) in [4.78, 5) is 14.1. The Kier molecular flexibility index (Phi) is 4.55. The van der Waals surface area contributed by atoms with Gasteiger partial charge in [0.1, 0.15) is 0 Å². The molecular weight excluding hydrogens is 244 g/mol. The zero-order valence-electron chi connectivity index (χ0n) is 11.6. The number of hydrogen-bond donors (Lipinski definition) is 1. The maximum absolute atomic E-state index is 12.0. The Morgan fingerprint density at radius 1 is 1.63 bits per heavy atom. The van der Waals surface area contributed by atoms with E-state index in [0.29, 0.717) is 6.54 Å². The van der Waals surface area contributed by atoms with Crippen molar-refractivity contribution in [2.24, 2.45) is 5.73 Å². The largest absolute Gasteiger partial charge is 0.380 e. The normalized spacial score (nSPS) is 20.8. The number of rotatable bonds is 5. The quantitative estimate of drug-likeness (QED) is 0.824. The van der Waals surface area contributed by atoms with Gasteiger partial charge in [0, 0.05) is 32.3 Å². The Morgan fingerprint density at radius 2 is 2.42 bits per heavy atom. The van der Waals surface area contributed by atoms with Crippen molar-refractivity contribution in [2.45, 2.75) is 38.5 Å². The maximum Gasteiger partial charge on any atom is 0.268 e. The highest BCUT2D eigenvalue weighted by Gasteiger charge is 2.22. The van der Waals surface area contributed by atoms with Crippen LogP contribution in [0.5, 0.6) is 0 Å². The SMILES string of the molecule is CCC(N)Cn1ncc(N2CCC(OC)C2)cc1=O. The van der Waals surface area contributed by atoms with Crippen molar-refractivity contribution in [2.75, 3.05) is 25.1 Å². The first-order valence-electron chi connectivity index (χ1n) is 6.74. The second-order valence-electron chi connectivity index (χ2n) is 4.99. The Hall–Kier alpha value is -1.40. The highest BCUT2D eigenvalue weighted by atomic mass is 16.5. The average molecular weight is 266 g/mol. The van der Waals surface area contributed by atoms with E-state index in [1.807, 2.05) is 6.92 Å². The summed E-state index contributed by atoms with van der Waals surface area (Å²) >= 11 is 0. The second-order valence-corrected chi connectivity index (χ2v) is 4.99. The third-order valence-corrected chi connectivity index (χ3v) is 3.63. The van der Waals surface area contributed by atoms with Crippen LogP contribution in [-0.4, -0.2) is 42.1 Å². The van der Waals surface area contributed by atoms with Crippen LogP contribution in [-0.2, 0) is 11.3 Å². The van der Waals surface area contributed by atoms with Gasteiger partial charge in [-0.1, -0.05) is 6.92 Å². The summed E-state index contributed by atoms with van der Waals surface area (Å²) in [5, 5.41) is 4.20. The predicted octanol–water partition coefficient (Wildman–Crippen LogP) is 0.206. The lowest BCUT2D eigenvalue weighted by Gasteiger charge is -2.18. The van der Waals surface area contributed by atoms with Gasteiger partial charge in [-0.3, -0.25) is 4.79 Å². The summed E-state index contributed by atoms with van der Waals surface area (Å²) in [6, 6.07) is 1.61. The number of anilines is 1. The van der Waals surface area contributed by atoms with Gasteiger partial charge in [0.15, 0.2) is 0 Å². The van der Waals surface area contributed by atoms with Crippen LogP contribution in [0.25, 0.3) is 0 Å². The van der Waals surface area contributed by atoms with E-state index in [2.05, 4.69) is 10.00 Å². The molecule has 0 aliphatic carbocycles. The zero-order chi connectivity index (χ0) is 13.8. The topological polar surface area (TPSA) is 73.4 Å². The molecule has 2 heterocycles. The molecule has 2 N–H and O–H groups in total. The predicted molar refractivity (Wildman–Crippen MR) is 74.4 cm³/mol. The van der Waals surface area contributed by atoms with Gasteiger partial charge in [-0.25, -0.2) is 4.68 Å². The maximum atomic E-state index is 12.0. The Balaban J connectivity index is 2.09. The third-order valence-electron chi connectivity index (χ3n) is 3.63. The monoisotopic (exact) mass is 266 g/mol. The Labute approximate surface area is 113 Å². The zero-order valence-corrected chi connectivity index (χ0v) is 11.6. The highest BCUT2D eigenvalue weighted by molar-refractivity contribution is 5.44. The van der Waals surface area contributed by atoms with Crippen molar-refractivity contribution in [1.29, 1.82) is 0 Å². The molecule has 1 aromatic heterocycles. The Bertz CT molecular complexity index is 474. The molecule has 0 aromatic carbocycles. The summed E-state index contributed by atoms with van der Waals surface area (Å²) in [7, 11) is 1.72. The van der Waals surface area contributed by atoms with Crippen molar-refractivity contribution in [3.05, 3.63) is 22.6 Å². The molecule has 2 rings (SSSR count). The molecular formula is C13H22N4O2. The average Bonchev–Trinajstić information content (AvgIpc) is 2.89. The third kappa shape index (κ3) is 3.33. The fourth-order valence-electron chi connectivity index (χ4n) is 2.24. The molecule has 0 amide bonds. The van der Waals surface area contributed by atoms with Crippen LogP contribution >= 0.6 is 0 Å². The van der Waals surface area contributed by atoms with E-state index < -0.39 is 0 Å². The van der Waals surface area contributed by atoms with Crippen LogP contribution in [0.15, 0.2) is 17.1 Å². The first-order valence-corrected chi connectivity index (χ1v) is 6.74. The van der Waals surface area contributed by atoms with Crippen LogP contribution in [0.3, 0.4) is 0 Å². The van der Waals surface area contributed by atoms with Crippen molar-refractivity contribution < 1.29 is 4.74 Å². The lowest BCUT2D eigenvalue weighted by Crippen LogP contribution is -2.33. The van der Waals surface area contributed by atoms with E-state index in [1.54, 1.807) is 19.4 Å². The van der Waals surface area contributed by atoms with Gasteiger partial charge in [-0.2, -0.15) is 5.10 Å². The van der Waals surface area contributed by atoms with Crippen molar-refractivity contribution >= 4 is 5.69 Å². The van der Waals surface area contributed by atoms with Crippen LogP contribution in [0.2, 0.25) is 0 Å². The van der Waals surface area contributed by atoms with Gasteiger partial charge in [-0.05, 0) is 12.8 Å². The molecule has 0 saturated carbocycles. The minimum Gasteiger partial charge on any atom is -0.380 e. The molecule has 1 aliphatic heterocycles. The molecule has 6 nitrogen and oxygen atoms in total. The fraction of sp³-hybridized carbons (Fsp3) is 0.692. The van der Waals surface area contributed by atoms with Gasteiger partial charge in [0.25, 0.3) is 5.56 Å². The summed E-state index contributed by atoms with van der Waals surface area (Å²) in [5.74, 6) is 0. The van der Waals surface area contributed by atoms with Crippen LogP contribution in [0, 0.1) is 0 Å². The highest BCUT2D eigenvalue weighted by Crippen LogP contribution is 2.19. The molecule has 2 unspecified atom stereocenters. The van der Waals surface area contributed by atoms with E-state index in [-0.39, 0.29) is 17.7 Å². The van der Waals surface area contributed by atoms with Crippen molar-refractivity contribution in [3.63, 3.8) is 0 Å². The van der Waals surface area contributed by atoms with E-state index in [0.717, 1.165) is 31.6 Å². The van der Waals surface area contributed by atoms with E-state index in [1.165, 1.54) is 4.68 Å². The van der Waals surface area contributed by atoms with E-state index in [4.69, 9.17) is 10.5 Å². The molecule has 0 bridgehead atoms. The molecule has 2 atom stereocenters. The molecule has 6 heteroatoms. The summed E-state index contributed by atoms with van der Waals surface area (Å²) in [6.45, 7) is 4.18. The van der Waals surface area contributed by atoms with Crippen LogP contribution in [0.1, 0.15) is 19.8 Å². The molecule has 0 radical (unpaired) electrons. The number of methoxy groups -OCH3 is 1. The van der Waals surface area contributed by atoms with Gasteiger partial charge in [0.2, 0.25) is 0 Å². The van der Waals surface area contributed by atoms with Gasteiger partial charge >= 0.3 is 0 Å². The minimum atomic E-state index is -0.0951. The first kappa shape index (κ1) is 14.0. The fourth-order valence-corrected chi connectivity index (χ4v) is 2.24. The molecule has 19 heavy (non-hydrogen) atoms. The molecule has 1 fully saturated rings. The van der Waals surface area contributed by atoms with Gasteiger partial charge < -0.3 is 15.4 Å². The van der Waals surface area contributed by atoms with E-state index in [9.17, 15) is 4.79 Å². The summed E-state index contributed by atoms with van der Waals surface area (Å²) in [6.07, 6.45) is 3.80. The molecule has 1 saturated heterocycles. The van der Waals surface area contributed by atoms with Gasteiger partial charge in [0.05, 0.1) is 24.5 Å². The second kappa shape index (κ2) is 6.16. The standard InChI is InChI=1S/C13H22N4O2/c1-3-10(14)8-17-13(18)6-11(7-15-17)16-5-4-12(9-16)19-2/h6-7,10,12H,3-5,8-9,14H2,1-2H3. The lowest BCUT2D eigenvalue weighted by molar-refractivity contribution is 0.121. The number of nitrogens with zero attached hydrogens (tertiary/aromatic N) is 3. The van der Waals surface area contributed by atoms with Crippen LogP contribution < -0.4 is 16.2 Å². The van der Waals surface area contributed by atoms with Crippen molar-refractivity contribution in [3.8, 4) is 0 Å². The number of aromatic nitrogens is 2. The number of ether oxygens (including phenoxy) is 1. The van der Waals surface area contributed by atoms with E-state index >= 15 is 0 Å². The van der Waals surface area contributed by atoms with Crippen LogP contribution in [0.4, 0.5) is 5.69 Å². The van der Waals surface area contributed by atoms with Gasteiger partial charge in [-0.15, -0.1) is 0 Å². The van der Waals surface area contributed by atoms with Crippen molar-refractivity contribution in [1.82, 2.24) is 9.78 Å². The summed E-state index contributed by atoms with van der Waals surface area (Å²) < 4.78 is 6.75. The lowest BCUT2D eigenvalue weighted by atomic mass is 10.2. The number of hydrogen-bond acceptors (Lipinski definition) is 5. The minimum absolute atomic E-state index is 0.0271. The Morgan fingerprint density at radius 3 is 3.00 bits per heavy atom. The molecule has 1 aliphatic rings. The summed E-state index contributed by atoms with van der Waals surface area (Å²) in [5.41, 5.74) is 6.62. The molecule has 106 valence electrons. The number of nitrogens with two attached hydrogens (primary N) is 1. The first-order chi connectivity index (χ1) is 9.13.